The smallest absolute Gasteiger partial charge is 0.243 e. The minimum atomic E-state index is -0.187. The highest BCUT2D eigenvalue weighted by Gasteiger charge is 2.26. The van der Waals surface area contributed by atoms with Gasteiger partial charge in [0.2, 0.25) is 5.91 Å². The van der Waals surface area contributed by atoms with Gasteiger partial charge in [0, 0.05) is 43.2 Å². The Balaban J connectivity index is 1.54. The normalized spacial score (nSPS) is 16.4. The number of hydrogen-bond acceptors (Lipinski definition) is 7. The fourth-order valence-electron chi connectivity index (χ4n) is 3.46. The van der Waals surface area contributed by atoms with Crippen molar-refractivity contribution in [3.05, 3.63) is 34.3 Å². The lowest BCUT2D eigenvalue weighted by Crippen LogP contribution is -2.52. The number of aryl methyl sites for hydroxylation is 2. The molecule has 3 rings (SSSR count). The zero-order valence-electron chi connectivity index (χ0n) is 17.8. The van der Waals surface area contributed by atoms with Crippen molar-refractivity contribution in [2.24, 2.45) is 0 Å². The summed E-state index contributed by atoms with van der Waals surface area (Å²) in [7, 11) is 3.36. The van der Waals surface area contributed by atoms with Crippen LogP contribution in [-0.4, -0.2) is 67.1 Å². The van der Waals surface area contributed by atoms with E-state index in [0.717, 1.165) is 60.4 Å². The van der Waals surface area contributed by atoms with Crippen molar-refractivity contribution in [3.8, 4) is 11.5 Å². The highest BCUT2D eigenvalue weighted by Crippen LogP contribution is 2.26. The molecule has 29 heavy (non-hydrogen) atoms. The Morgan fingerprint density at radius 1 is 1.21 bits per heavy atom. The minimum Gasteiger partial charge on any atom is -0.497 e. The molecule has 1 aromatic heterocycles. The molecule has 7 nitrogen and oxygen atoms in total. The molecule has 0 spiro atoms. The molecule has 1 aromatic carbocycles. The predicted molar refractivity (Wildman–Crippen MR) is 116 cm³/mol. The monoisotopic (exact) mass is 418 g/mol. The number of piperazine rings is 1. The van der Waals surface area contributed by atoms with Gasteiger partial charge < -0.3 is 14.8 Å². The van der Waals surface area contributed by atoms with Crippen LogP contribution in [0.1, 0.15) is 23.1 Å². The quantitative estimate of drug-likeness (QED) is 0.746. The lowest BCUT2D eigenvalue weighted by molar-refractivity contribution is -0.121. The maximum absolute atomic E-state index is 12.6. The van der Waals surface area contributed by atoms with Crippen molar-refractivity contribution < 1.29 is 14.3 Å². The second-order valence-electron chi connectivity index (χ2n) is 7.32. The number of aromatic nitrogens is 1. The number of thiazole rings is 1. The molecule has 1 saturated heterocycles. The van der Waals surface area contributed by atoms with Crippen molar-refractivity contribution in [1.82, 2.24) is 14.8 Å². The molecular formula is C21H30N4O3S. The van der Waals surface area contributed by atoms with Gasteiger partial charge in [-0.15, -0.1) is 11.3 Å². The number of carbonyl (C=O) groups is 1. The van der Waals surface area contributed by atoms with Crippen molar-refractivity contribution in [1.29, 1.82) is 0 Å². The Kier molecular flexibility index (Phi) is 7.10. The van der Waals surface area contributed by atoms with Crippen LogP contribution in [-0.2, 0) is 11.3 Å². The average molecular weight is 419 g/mol. The van der Waals surface area contributed by atoms with Gasteiger partial charge in [-0.3, -0.25) is 14.6 Å². The van der Waals surface area contributed by atoms with Crippen LogP contribution in [0.25, 0.3) is 0 Å². The first kappa shape index (κ1) is 21.5. The van der Waals surface area contributed by atoms with E-state index in [1.54, 1.807) is 14.2 Å². The highest BCUT2D eigenvalue weighted by atomic mass is 32.1. The summed E-state index contributed by atoms with van der Waals surface area (Å²) in [5.74, 6) is 1.70. The van der Waals surface area contributed by atoms with Crippen LogP contribution in [0, 0.1) is 13.8 Å². The molecular weight excluding hydrogens is 388 g/mol. The lowest BCUT2D eigenvalue weighted by atomic mass is 10.1. The second-order valence-corrected chi connectivity index (χ2v) is 8.52. The first-order valence-electron chi connectivity index (χ1n) is 9.83. The van der Waals surface area contributed by atoms with Crippen molar-refractivity contribution in [2.45, 2.75) is 33.4 Å². The molecule has 2 heterocycles. The van der Waals surface area contributed by atoms with E-state index in [4.69, 9.17) is 9.47 Å². The van der Waals surface area contributed by atoms with E-state index in [2.05, 4.69) is 20.1 Å². The number of carbonyl (C=O) groups excluding carboxylic acids is 1. The Hall–Kier alpha value is -2.16. The fourth-order valence-corrected chi connectivity index (χ4v) is 4.27. The number of methoxy groups -OCH3 is 2. The van der Waals surface area contributed by atoms with Crippen molar-refractivity contribution in [2.75, 3.05) is 45.7 Å². The fraction of sp³-hybridized carbons (Fsp3) is 0.524. The molecule has 8 heteroatoms. The molecule has 158 valence electrons. The first-order valence-corrected chi connectivity index (χ1v) is 10.6. The number of nitrogens with one attached hydrogen (secondary N) is 1. The van der Waals surface area contributed by atoms with Gasteiger partial charge in [-0.1, -0.05) is 0 Å². The van der Waals surface area contributed by atoms with E-state index in [-0.39, 0.29) is 11.9 Å². The van der Waals surface area contributed by atoms with E-state index in [0.29, 0.717) is 5.13 Å². The molecule has 1 N–H and O–H groups in total. The highest BCUT2D eigenvalue weighted by molar-refractivity contribution is 7.15. The van der Waals surface area contributed by atoms with Gasteiger partial charge >= 0.3 is 0 Å². The molecule has 1 amide bonds. The number of amides is 1. The molecule has 0 saturated carbocycles. The Morgan fingerprint density at radius 2 is 1.93 bits per heavy atom. The van der Waals surface area contributed by atoms with E-state index >= 15 is 0 Å². The van der Waals surface area contributed by atoms with Gasteiger partial charge in [0.25, 0.3) is 0 Å². The summed E-state index contributed by atoms with van der Waals surface area (Å²) in [5, 5.41) is 3.64. The van der Waals surface area contributed by atoms with E-state index in [1.165, 1.54) is 11.3 Å². The topological polar surface area (TPSA) is 66.9 Å². The summed E-state index contributed by atoms with van der Waals surface area (Å²) in [6, 6.07) is 5.69. The Morgan fingerprint density at radius 3 is 2.52 bits per heavy atom. The molecule has 2 aromatic rings. The lowest BCUT2D eigenvalue weighted by Gasteiger charge is -2.37. The maximum Gasteiger partial charge on any atom is 0.243 e. The number of benzene rings is 1. The second kappa shape index (κ2) is 9.56. The van der Waals surface area contributed by atoms with Crippen LogP contribution in [0.4, 0.5) is 5.13 Å². The van der Waals surface area contributed by atoms with Crippen LogP contribution in [0.15, 0.2) is 18.2 Å². The summed E-state index contributed by atoms with van der Waals surface area (Å²) >= 11 is 1.52. The third-order valence-corrected chi connectivity index (χ3v) is 6.46. The minimum absolute atomic E-state index is 0.00154. The van der Waals surface area contributed by atoms with Gasteiger partial charge in [0.05, 0.1) is 26.0 Å². The Bertz CT molecular complexity index is 827. The molecule has 1 fully saturated rings. The van der Waals surface area contributed by atoms with Crippen LogP contribution >= 0.6 is 11.3 Å². The standard InChI is InChI=1S/C21H30N4O3S/c1-14-16(3)29-21(22-14)23-20(26)15(2)25-10-8-24(9-11-25)13-17-12-18(27-4)6-7-19(17)28-5/h6-7,12,15H,8-11,13H2,1-5H3,(H,22,23,26). The van der Waals surface area contributed by atoms with Gasteiger partial charge in [-0.2, -0.15) is 0 Å². The van der Waals surface area contributed by atoms with E-state index in [1.807, 2.05) is 39.0 Å². The van der Waals surface area contributed by atoms with Gasteiger partial charge in [0.15, 0.2) is 5.13 Å². The van der Waals surface area contributed by atoms with E-state index < -0.39 is 0 Å². The first-order chi connectivity index (χ1) is 13.9. The maximum atomic E-state index is 12.6. The van der Waals surface area contributed by atoms with Crippen LogP contribution in [0.5, 0.6) is 11.5 Å². The van der Waals surface area contributed by atoms with Gasteiger partial charge in [0.1, 0.15) is 11.5 Å². The van der Waals surface area contributed by atoms with Crippen LogP contribution < -0.4 is 14.8 Å². The SMILES string of the molecule is COc1ccc(OC)c(CN2CCN(C(C)C(=O)Nc3nc(C)c(C)s3)CC2)c1. The van der Waals surface area contributed by atoms with Gasteiger partial charge in [-0.05, 0) is 39.0 Å². The molecule has 1 unspecified atom stereocenters. The molecule has 0 radical (unpaired) electrons. The number of ether oxygens (including phenoxy) is 2. The largest absolute Gasteiger partial charge is 0.497 e. The summed E-state index contributed by atoms with van der Waals surface area (Å²) in [6.45, 7) is 10.2. The van der Waals surface area contributed by atoms with Crippen LogP contribution in [0.3, 0.4) is 0 Å². The number of hydrogen-bond donors (Lipinski definition) is 1. The zero-order chi connectivity index (χ0) is 21.0. The summed E-state index contributed by atoms with van der Waals surface area (Å²) in [6.07, 6.45) is 0. The van der Waals surface area contributed by atoms with Gasteiger partial charge in [-0.25, -0.2) is 4.98 Å². The average Bonchev–Trinajstić information content (AvgIpc) is 3.04. The number of nitrogens with zero attached hydrogens (tertiary/aromatic N) is 3. The van der Waals surface area contributed by atoms with Crippen molar-refractivity contribution in [3.63, 3.8) is 0 Å². The predicted octanol–water partition coefficient (Wildman–Crippen LogP) is 2.92. The number of rotatable bonds is 7. The molecule has 1 atom stereocenters. The van der Waals surface area contributed by atoms with Crippen molar-refractivity contribution >= 4 is 22.4 Å². The summed E-state index contributed by atoms with van der Waals surface area (Å²) in [5.41, 5.74) is 2.08. The molecule has 1 aliphatic heterocycles. The van der Waals surface area contributed by atoms with Crippen LogP contribution in [0.2, 0.25) is 0 Å². The third-order valence-electron chi connectivity index (χ3n) is 5.47. The number of anilines is 1. The molecule has 0 aliphatic carbocycles. The Labute approximate surface area is 176 Å². The molecule has 0 bridgehead atoms. The zero-order valence-corrected chi connectivity index (χ0v) is 18.6. The third kappa shape index (κ3) is 5.26. The van der Waals surface area contributed by atoms with E-state index in [9.17, 15) is 4.79 Å². The summed E-state index contributed by atoms with van der Waals surface area (Å²) in [4.78, 5) is 22.8. The summed E-state index contributed by atoms with van der Waals surface area (Å²) < 4.78 is 10.8. The molecule has 1 aliphatic rings.